The lowest BCUT2D eigenvalue weighted by atomic mass is 9.67. The molecule has 3 atom stereocenters. The second-order valence-corrected chi connectivity index (χ2v) is 6.35. The number of carboxylic acids is 1. The minimum absolute atomic E-state index is 0.186. The van der Waals surface area contributed by atoms with Crippen LogP contribution in [0.25, 0.3) is 0 Å². The minimum atomic E-state index is -0.633. The molecule has 0 aromatic heterocycles. The standard InChI is InChI=1S/C13H25NO2/c1-13(2,3)9-6-7-10(12(15)16)11(8-9)14(4)5/h9-11H,6-8H2,1-5H3,(H,15,16). The zero-order chi connectivity index (χ0) is 12.5. The van der Waals surface area contributed by atoms with E-state index in [4.69, 9.17) is 0 Å². The third-order valence-corrected chi connectivity index (χ3v) is 4.02. The Labute approximate surface area is 98.8 Å². The number of hydrogen-bond donors (Lipinski definition) is 1. The molecule has 16 heavy (non-hydrogen) atoms. The second-order valence-electron chi connectivity index (χ2n) is 6.35. The molecule has 1 rings (SSSR count). The first-order valence-corrected chi connectivity index (χ1v) is 6.12. The highest BCUT2D eigenvalue weighted by atomic mass is 16.4. The van der Waals surface area contributed by atoms with Gasteiger partial charge >= 0.3 is 5.97 Å². The average Bonchev–Trinajstić information content (AvgIpc) is 2.15. The molecule has 1 saturated carbocycles. The van der Waals surface area contributed by atoms with Crippen LogP contribution < -0.4 is 0 Å². The Bertz CT molecular complexity index is 255. The fourth-order valence-corrected chi connectivity index (χ4v) is 2.79. The summed E-state index contributed by atoms with van der Waals surface area (Å²) in [6, 6.07) is 0.190. The molecule has 0 spiro atoms. The quantitative estimate of drug-likeness (QED) is 0.788. The van der Waals surface area contributed by atoms with Crippen LogP contribution in [-0.4, -0.2) is 36.1 Å². The monoisotopic (exact) mass is 227 g/mol. The average molecular weight is 227 g/mol. The van der Waals surface area contributed by atoms with Gasteiger partial charge in [-0.05, 0) is 44.7 Å². The summed E-state index contributed by atoms with van der Waals surface area (Å²) < 4.78 is 0. The van der Waals surface area contributed by atoms with Gasteiger partial charge in [-0.3, -0.25) is 4.79 Å². The predicted octanol–water partition coefficient (Wildman–Crippen LogP) is 2.46. The van der Waals surface area contributed by atoms with Gasteiger partial charge in [-0.2, -0.15) is 0 Å². The fraction of sp³-hybridized carbons (Fsp3) is 0.923. The first-order valence-electron chi connectivity index (χ1n) is 6.12. The summed E-state index contributed by atoms with van der Waals surface area (Å²) in [5.41, 5.74) is 0.289. The Balaban J connectivity index is 2.77. The second kappa shape index (κ2) is 4.74. The van der Waals surface area contributed by atoms with Crippen molar-refractivity contribution < 1.29 is 9.90 Å². The normalized spacial score (nSPS) is 31.8. The summed E-state index contributed by atoms with van der Waals surface area (Å²) in [5.74, 6) is -0.185. The van der Waals surface area contributed by atoms with Crippen LogP contribution in [0.4, 0.5) is 0 Å². The van der Waals surface area contributed by atoms with E-state index in [1.54, 1.807) is 0 Å². The summed E-state index contributed by atoms with van der Waals surface area (Å²) in [5, 5.41) is 9.22. The summed E-state index contributed by atoms with van der Waals surface area (Å²) in [6.45, 7) is 6.77. The smallest absolute Gasteiger partial charge is 0.308 e. The largest absolute Gasteiger partial charge is 0.481 e. The molecule has 1 fully saturated rings. The van der Waals surface area contributed by atoms with Gasteiger partial charge in [-0.25, -0.2) is 0 Å². The first-order chi connectivity index (χ1) is 7.23. The van der Waals surface area contributed by atoms with Gasteiger partial charge in [0.2, 0.25) is 0 Å². The maximum atomic E-state index is 11.2. The van der Waals surface area contributed by atoms with Crippen molar-refractivity contribution in [3.8, 4) is 0 Å². The van der Waals surface area contributed by atoms with Gasteiger partial charge in [0, 0.05) is 6.04 Å². The molecule has 0 aromatic carbocycles. The van der Waals surface area contributed by atoms with E-state index in [-0.39, 0.29) is 17.4 Å². The van der Waals surface area contributed by atoms with Crippen molar-refractivity contribution in [3.05, 3.63) is 0 Å². The molecule has 1 N–H and O–H groups in total. The number of rotatable bonds is 2. The van der Waals surface area contributed by atoms with Gasteiger partial charge in [0.25, 0.3) is 0 Å². The molecule has 0 amide bonds. The summed E-state index contributed by atoms with van der Waals surface area (Å²) in [6.07, 6.45) is 2.87. The van der Waals surface area contributed by atoms with Crippen LogP contribution in [0.1, 0.15) is 40.0 Å². The molecule has 0 bridgehead atoms. The molecule has 3 heteroatoms. The highest BCUT2D eigenvalue weighted by Crippen LogP contribution is 2.41. The Morgan fingerprint density at radius 3 is 2.19 bits per heavy atom. The van der Waals surface area contributed by atoms with E-state index in [0.717, 1.165) is 19.3 Å². The molecule has 0 radical (unpaired) electrons. The van der Waals surface area contributed by atoms with E-state index in [2.05, 4.69) is 25.7 Å². The summed E-state index contributed by atoms with van der Waals surface area (Å²) >= 11 is 0. The van der Waals surface area contributed by atoms with Crippen molar-refractivity contribution in [1.29, 1.82) is 0 Å². The highest BCUT2D eigenvalue weighted by molar-refractivity contribution is 5.71. The van der Waals surface area contributed by atoms with Crippen LogP contribution in [0.15, 0.2) is 0 Å². The van der Waals surface area contributed by atoms with Gasteiger partial charge in [-0.1, -0.05) is 20.8 Å². The Morgan fingerprint density at radius 2 is 1.81 bits per heavy atom. The van der Waals surface area contributed by atoms with Crippen molar-refractivity contribution in [2.45, 2.75) is 46.1 Å². The zero-order valence-electron chi connectivity index (χ0n) is 11.2. The number of nitrogens with zero attached hydrogens (tertiary/aromatic N) is 1. The molecule has 3 unspecified atom stereocenters. The third kappa shape index (κ3) is 2.97. The molecule has 0 aliphatic heterocycles. The Hall–Kier alpha value is -0.570. The molecular weight excluding hydrogens is 202 g/mol. The highest BCUT2D eigenvalue weighted by Gasteiger charge is 2.39. The van der Waals surface area contributed by atoms with Crippen molar-refractivity contribution in [3.63, 3.8) is 0 Å². The molecular formula is C13H25NO2. The van der Waals surface area contributed by atoms with Crippen LogP contribution >= 0.6 is 0 Å². The van der Waals surface area contributed by atoms with Crippen molar-refractivity contribution in [2.24, 2.45) is 17.3 Å². The summed E-state index contributed by atoms with van der Waals surface area (Å²) in [4.78, 5) is 13.3. The molecule has 0 heterocycles. The van der Waals surface area contributed by atoms with Crippen molar-refractivity contribution >= 4 is 5.97 Å². The number of aliphatic carboxylic acids is 1. The first kappa shape index (κ1) is 13.5. The van der Waals surface area contributed by atoms with Gasteiger partial charge in [0.1, 0.15) is 0 Å². The number of carboxylic acid groups (broad SMARTS) is 1. The minimum Gasteiger partial charge on any atom is -0.481 e. The van der Waals surface area contributed by atoms with Crippen molar-refractivity contribution in [2.75, 3.05) is 14.1 Å². The molecule has 0 saturated heterocycles. The molecule has 94 valence electrons. The Kier molecular flexibility index (Phi) is 4.00. The maximum absolute atomic E-state index is 11.2. The molecule has 1 aliphatic carbocycles. The predicted molar refractivity (Wildman–Crippen MR) is 65.4 cm³/mol. The molecule has 1 aliphatic rings. The lowest BCUT2D eigenvalue weighted by Gasteiger charge is -2.42. The van der Waals surface area contributed by atoms with E-state index in [1.807, 2.05) is 14.1 Å². The van der Waals surface area contributed by atoms with Crippen LogP contribution in [0.3, 0.4) is 0 Å². The fourth-order valence-electron chi connectivity index (χ4n) is 2.79. The van der Waals surface area contributed by atoms with Gasteiger partial charge < -0.3 is 10.0 Å². The summed E-state index contributed by atoms with van der Waals surface area (Å²) in [7, 11) is 3.98. The SMILES string of the molecule is CN(C)C1CC(C(C)(C)C)CCC1C(=O)O. The van der Waals surface area contributed by atoms with Gasteiger partial charge in [0.05, 0.1) is 5.92 Å². The lowest BCUT2D eigenvalue weighted by Crippen LogP contribution is -2.45. The topological polar surface area (TPSA) is 40.5 Å². The van der Waals surface area contributed by atoms with E-state index in [1.165, 1.54) is 0 Å². The van der Waals surface area contributed by atoms with E-state index < -0.39 is 5.97 Å². The maximum Gasteiger partial charge on any atom is 0.308 e. The van der Waals surface area contributed by atoms with E-state index in [0.29, 0.717) is 5.92 Å². The van der Waals surface area contributed by atoms with Crippen LogP contribution in [0.2, 0.25) is 0 Å². The van der Waals surface area contributed by atoms with Crippen LogP contribution in [-0.2, 0) is 4.79 Å². The lowest BCUT2D eigenvalue weighted by molar-refractivity contribution is -0.146. The van der Waals surface area contributed by atoms with E-state index in [9.17, 15) is 9.90 Å². The number of hydrogen-bond acceptors (Lipinski definition) is 2. The zero-order valence-corrected chi connectivity index (χ0v) is 11.2. The van der Waals surface area contributed by atoms with Gasteiger partial charge in [0.15, 0.2) is 0 Å². The van der Waals surface area contributed by atoms with E-state index >= 15 is 0 Å². The van der Waals surface area contributed by atoms with Gasteiger partial charge in [-0.15, -0.1) is 0 Å². The number of carbonyl (C=O) groups is 1. The molecule has 3 nitrogen and oxygen atoms in total. The van der Waals surface area contributed by atoms with Crippen LogP contribution in [0.5, 0.6) is 0 Å². The van der Waals surface area contributed by atoms with Crippen molar-refractivity contribution in [1.82, 2.24) is 4.90 Å². The van der Waals surface area contributed by atoms with Crippen LogP contribution in [0, 0.1) is 17.3 Å². The molecule has 0 aromatic rings. The third-order valence-electron chi connectivity index (χ3n) is 4.02. The Morgan fingerprint density at radius 1 is 1.25 bits per heavy atom.